The largest absolute Gasteiger partial charge is 0.496 e. The molecule has 1 N–H and O–H groups in total. The Morgan fingerprint density at radius 2 is 1.79 bits per heavy atom. The summed E-state index contributed by atoms with van der Waals surface area (Å²) in [6, 6.07) is 12.6. The standard InChI is InChI=1S/C22H27NO5/c1-4-28-16-12-10-15(11-13-16)21(23-14-6-7-17(23)22(24)25)20-18(26-2)8-5-9-19(20)27-3/h5,8-13,17,21H,4,6-7,14H2,1-3H3,(H,24,25). The molecule has 2 unspecified atom stereocenters. The summed E-state index contributed by atoms with van der Waals surface area (Å²) in [4.78, 5) is 13.9. The van der Waals surface area contributed by atoms with Gasteiger partial charge in [0.1, 0.15) is 23.3 Å². The zero-order valence-corrected chi connectivity index (χ0v) is 16.6. The minimum atomic E-state index is -0.803. The Morgan fingerprint density at radius 3 is 2.32 bits per heavy atom. The Hall–Kier alpha value is -2.73. The minimum absolute atomic E-state index is 0.301. The Kier molecular flexibility index (Phi) is 6.41. The average Bonchev–Trinajstić information content (AvgIpc) is 3.19. The molecule has 0 aromatic heterocycles. The molecule has 1 heterocycles. The Bertz CT molecular complexity index is 783. The first-order valence-electron chi connectivity index (χ1n) is 9.52. The van der Waals surface area contributed by atoms with Crippen molar-refractivity contribution in [2.75, 3.05) is 27.4 Å². The molecule has 1 saturated heterocycles. The molecule has 6 nitrogen and oxygen atoms in total. The van der Waals surface area contributed by atoms with Crippen molar-refractivity contribution in [1.29, 1.82) is 0 Å². The molecule has 6 heteroatoms. The van der Waals surface area contributed by atoms with Gasteiger partial charge in [-0.05, 0) is 49.6 Å². The molecule has 0 spiro atoms. The second kappa shape index (κ2) is 8.97. The highest BCUT2D eigenvalue weighted by molar-refractivity contribution is 5.74. The first-order chi connectivity index (χ1) is 13.6. The molecule has 28 heavy (non-hydrogen) atoms. The molecule has 150 valence electrons. The number of hydrogen-bond donors (Lipinski definition) is 1. The SMILES string of the molecule is CCOc1ccc(C(c2c(OC)cccc2OC)N2CCCC2C(=O)O)cc1. The molecule has 0 amide bonds. The number of methoxy groups -OCH3 is 2. The van der Waals surface area contributed by atoms with E-state index >= 15 is 0 Å². The number of aliphatic carboxylic acids is 1. The van der Waals surface area contributed by atoms with E-state index < -0.39 is 12.0 Å². The molecule has 2 atom stereocenters. The molecule has 2 aromatic rings. The van der Waals surface area contributed by atoms with Crippen LogP contribution < -0.4 is 14.2 Å². The van der Waals surface area contributed by atoms with Crippen LogP contribution in [0.1, 0.15) is 36.9 Å². The Balaban J connectivity index is 2.14. The second-order valence-electron chi connectivity index (χ2n) is 6.71. The van der Waals surface area contributed by atoms with E-state index in [9.17, 15) is 9.90 Å². The first kappa shape index (κ1) is 20.0. The molecule has 1 fully saturated rings. The number of rotatable bonds is 8. The van der Waals surface area contributed by atoms with Crippen LogP contribution in [0.3, 0.4) is 0 Å². The normalized spacial score (nSPS) is 17.9. The molecule has 1 aliphatic heterocycles. The Morgan fingerprint density at radius 1 is 1.14 bits per heavy atom. The molecular weight excluding hydrogens is 358 g/mol. The van der Waals surface area contributed by atoms with E-state index in [4.69, 9.17) is 14.2 Å². The lowest BCUT2D eigenvalue weighted by molar-refractivity contribution is -0.142. The lowest BCUT2D eigenvalue weighted by Crippen LogP contribution is -2.39. The highest BCUT2D eigenvalue weighted by Crippen LogP contribution is 2.43. The zero-order valence-electron chi connectivity index (χ0n) is 16.6. The summed E-state index contributed by atoms with van der Waals surface area (Å²) in [7, 11) is 3.23. The maximum atomic E-state index is 11.9. The molecule has 3 rings (SSSR count). The van der Waals surface area contributed by atoms with Crippen molar-refractivity contribution in [3.63, 3.8) is 0 Å². The summed E-state index contributed by atoms with van der Waals surface area (Å²) >= 11 is 0. The van der Waals surface area contributed by atoms with Gasteiger partial charge >= 0.3 is 5.97 Å². The summed E-state index contributed by atoms with van der Waals surface area (Å²) in [6.45, 7) is 3.23. The lowest BCUT2D eigenvalue weighted by Gasteiger charge is -2.33. The van der Waals surface area contributed by atoms with Crippen LogP contribution in [0.4, 0.5) is 0 Å². The average molecular weight is 385 g/mol. The van der Waals surface area contributed by atoms with Gasteiger partial charge in [0.25, 0.3) is 0 Å². The van der Waals surface area contributed by atoms with E-state index in [0.29, 0.717) is 31.1 Å². The van der Waals surface area contributed by atoms with E-state index in [0.717, 1.165) is 23.3 Å². The summed E-state index contributed by atoms with van der Waals surface area (Å²) in [5.74, 6) is 1.33. The number of carbonyl (C=O) groups is 1. The maximum absolute atomic E-state index is 11.9. The zero-order chi connectivity index (χ0) is 20.1. The maximum Gasteiger partial charge on any atom is 0.320 e. The minimum Gasteiger partial charge on any atom is -0.496 e. The third-order valence-electron chi connectivity index (χ3n) is 5.16. The van der Waals surface area contributed by atoms with Crippen molar-refractivity contribution in [1.82, 2.24) is 4.90 Å². The smallest absolute Gasteiger partial charge is 0.320 e. The van der Waals surface area contributed by atoms with Crippen molar-refractivity contribution >= 4 is 5.97 Å². The third-order valence-corrected chi connectivity index (χ3v) is 5.16. The third kappa shape index (κ3) is 3.92. The van der Waals surface area contributed by atoms with Gasteiger partial charge in [-0.25, -0.2) is 0 Å². The predicted octanol–water partition coefficient (Wildman–Crippen LogP) is 3.74. The van der Waals surface area contributed by atoms with E-state index in [1.54, 1.807) is 14.2 Å². The van der Waals surface area contributed by atoms with Crippen molar-refractivity contribution < 1.29 is 24.1 Å². The quantitative estimate of drug-likeness (QED) is 0.747. The van der Waals surface area contributed by atoms with E-state index in [-0.39, 0.29) is 6.04 Å². The monoisotopic (exact) mass is 385 g/mol. The number of hydrogen-bond acceptors (Lipinski definition) is 5. The number of carboxylic acid groups (broad SMARTS) is 1. The van der Waals surface area contributed by atoms with Crippen LogP contribution >= 0.6 is 0 Å². The van der Waals surface area contributed by atoms with Crippen LogP contribution in [0.5, 0.6) is 17.2 Å². The summed E-state index contributed by atoms with van der Waals surface area (Å²) in [5, 5.41) is 9.77. The molecule has 1 aliphatic rings. The lowest BCUT2D eigenvalue weighted by atomic mass is 9.94. The van der Waals surface area contributed by atoms with Crippen molar-refractivity contribution in [2.24, 2.45) is 0 Å². The molecule has 0 bridgehead atoms. The predicted molar refractivity (Wildman–Crippen MR) is 106 cm³/mol. The number of likely N-dealkylation sites (tertiary alicyclic amines) is 1. The van der Waals surface area contributed by atoms with Gasteiger partial charge in [-0.2, -0.15) is 0 Å². The topological polar surface area (TPSA) is 68.2 Å². The van der Waals surface area contributed by atoms with Crippen molar-refractivity contribution in [2.45, 2.75) is 31.8 Å². The van der Waals surface area contributed by atoms with Crippen LogP contribution in [0.15, 0.2) is 42.5 Å². The summed E-state index contributed by atoms with van der Waals surface area (Å²) in [5.41, 5.74) is 1.81. The van der Waals surface area contributed by atoms with Crippen LogP contribution in [-0.2, 0) is 4.79 Å². The van der Waals surface area contributed by atoms with Gasteiger partial charge in [0.15, 0.2) is 0 Å². The van der Waals surface area contributed by atoms with Gasteiger partial charge in [-0.15, -0.1) is 0 Å². The highest BCUT2D eigenvalue weighted by atomic mass is 16.5. The van der Waals surface area contributed by atoms with Crippen molar-refractivity contribution in [3.8, 4) is 17.2 Å². The summed E-state index contributed by atoms with van der Waals surface area (Å²) in [6.07, 6.45) is 1.46. The summed E-state index contributed by atoms with van der Waals surface area (Å²) < 4.78 is 16.8. The van der Waals surface area contributed by atoms with Gasteiger partial charge in [0.05, 0.1) is 32.4 Å². The Labute approximate surface area is 165 Å². The number of ether oxygens (including phenoxy) is 3. The molecule has 0 radical (unpaired) electrons. The number of carboxylic acids is 1. The van der Waals surface area contributed by atoms with E-state index in [2.05, 4.69) is 0 Å². The number of benzene rings is 2. The van der Waals surface area contributed by atoms with Crippen LogP contribution in [0.2, 0.25) is 0 Å². The van der Waals surface area contributed by atoms with Crippen molar-refractivity contribution in [3.05, 3.63) is 53.6 Å². The van der Waals surface area contributed by atoms with Gasteiger partial charge in [0.2, 0.25) is 0 Å². The highest BCUT2D eigenvalue weighted by Gasteiger charge is 2.39. The van der Waals surface area contributed by atoms with Crippen LogP contribution in [0, 0.1) is 0 Å². The van der Waals surface area contributed by atoms with Crippen LogP contribution in [-0.4, -0.2) is 49.4 Å². The fraction of sp³-hybridized carbons (Fsp3) is 0.409. The van der Waals surface area contributed by atoms with Crippen LogP contribution in [0.25, 0.3) is 0 Å². The molecule has 0 saturated carbocycles. The molecular formula is C22H27NO5. The van der Waals surface area contributed by atoms with Gasteiger partial charge in [-0.3, -0.25) is 9.69 Å². The van der Waals surface area contributed by atoms with Gasteiger partial charge < -0.3 is 19.3 Å². The fourth-order valence-corrected chi connectivity index (χ4v) is 3.95. The van der Waals surface area contributed by atoms with Gasteiger partial charge in [-0.1, -0.05) is 18.2 Å². The molecule has 0 aliphatic carbocycles. The first-order valence-corrected chi connectivity index (χ1v) is 9.52. The second-order valence-corrected chi connectivity index (χ2v) is 6.71. The fourth-order valence-electron chi connectivity index (χ4n) is 3.95. The molecule has 2 aromatic carbocycles. The number of nitrogens with zero attached hydrogens (tertiary/aromatic N) is 1. The van der Waals surface area contributed by atoms with E-state index in [1.807, 2.05) is 54.3 Å². The van der Waals surface area contributed by atoms with E-state index in [1.165, 1.54) is 0 Å². The van der Waals surface area contributed by atoms with Gasteiger partial charge in [0, 0.05) is 6.54 Å².